The van der Waals surface area contributed by atoms with E-state index < -0.39 is 0 Å². The van der Waals surface area contributed by atoms with Gasteiger partial charge in [-0.3, -0.25) is 14.6 Å². The summed E-state index contributed by atoms with van der Waals surface area (Å²) in [6.07, 6.45) is 63.2. The molecule has 129 heavy (non-hydrogen) atoms. The number of rotatable bonds is 45. The van der Waals surface area contributed by atoms with Gasteiger partial charge in [-0.2, -0.15) is 0 Å². The van der Waals surface area contributed by atoms with E-state index in [1.807, 2.05) is 203 Å². The van der Waals surface area contributed by atoms with Gasteiger partial charge in [-0.1, -0.05) is 223 Å². The number of quaternary nitrogens is 2. The van der Waals surface area contributed by atoms with E-state index in [0.717, 1.165) is 68.8 Å². The molecule has 0 fully saturated rings. The number of nitrogens with one attached hydrogen (secondary N) is 1. The summed E-state index contributed by atoms with van der Waals surface area (Å²) >= 11 is 0. The van der Waals surface area contributed by atoms with Gasteiger partial charge >= 0.3 is 0 Å². The van der Waals surface area contributed by atoms with Crippen molar-refractivity contribution in [3.8, 4) is 0 Å². The molecule has 0 atom stereocenters. The summed E-state index contributed by atoms with van der Waals surface area (Å²) in [6, 6.07) is 72.7. The minimum atomic E-state index is 0. The first-order valence-electron chi connectivity index (χ1n) is 45.6. The summed E-state index contributed by atoms with van der Waals surface area (Å²) in [5.74, 6) is 0. The Labute approximate surface area is 834 Å². The molecule has 6 aromatic carbocycles. The fourth-order valence-corrected chi connectivity index (χ4v) is 13.2. The zero-order chi connectivity index (χ0) is 90.0. The van der Waals surface area contributed by atoms with E-state index in [9.17, 15) is 9.59 Å². The number of hydrogen-bond acceptors (Lipinski definition) is 8. The molecular weight excluding hydrogens is 1920 g/mol. The Morgan fingerprint density at radius 2 is 0.674 bits per heavy atom. The van der Waals surface area contributed by atoms with Crippen LogP contribution >= 0.6 is 0 Å². The number of anilines is 5. The number of aromatic nitrogens is 3. The van der Waals surface area contributed by atoms with Crippen molar-refractivity contribution >= 4 is 71.1 Å². The number of carbonyl (C=O) groups excluding carboxylic acids is 2. The Morgan fingerprint density at radius 1 is 0.357 bits per heavy atom. The molecule has 0 amide bonds. The Balaban J connectivity index is -0.00000151. The van der Waals surface area contributed by atoms with Crippen molar-refractivity contribution in [3.05, 3.63) is 363 Å². The zero-order valence-corrected chi connectivity index (χ0v) is 88.4. The summed E-state index contributed by atoms with van der Waals surface area (Å²) in [6.45, 7) is 41.8. The van der Waals surface area contributed by atoms with E-state index in [-0.39, 0.29) is 84.9 Å². The quantitative estimate of drug-likeness (QED) is 0.0101. The molecule has 0 aliphatic heterocycles. The molecule has 0 saturated carbocycles. The number of allylic oxidation sites excluding steroid dienone is 13. The molecule has 0 unspecified atom stereocenters. The number of carbonyl (C=O) groups is 2. The Morgan fingerprint density at radius 3 is 0.992 bits per heavy atom. The molecule has 1 N–H and O–H groups in total. The molecule has 18 heteroatoms. The van der Waals surface area contributed by atoms with E-state index in [1.165, 1.54) is 177 Å². The number of pyridine rings is 3. The molecule has 13 nitrogen and oxygen atoms in total. The number of nitrogens with zero attached hydrogens (tertiary/aromatic N) is 10. The van der Waals surface area contributed by atoms with Crippen LogP contribution < -0.4 is 119 Å². The molecule has 0 saturated heterocycles. The Hall–Kier alpha value is -9.24. The highest BCUT2D eigenvalue weighted by atomic mass is 79.9. The molecule has 0 bridgehead atoms. The lowest BCUT2D eigenvalue weighted by Gasteiger charge is -2.35. The third kappa shape index (κ3) is 57.5. The fraction of sp³-hybridized carbons (Fsp3) is 0.351. The van der Waals surface area contributed by atoms with Crippen molar-refractivity contribution in [2.24, 2.45) is 0 Å². The summed E-state index contributed by atoms with van der Waals surface area (Å²) in [7, 11) is 7.95. The maximum Gasteiger partial charge on any atom is 0.204 e. The molecule has 3 aromatic heterocycles. The van der Waals surface area contributed by atoms with Crippen LogP contribution in [0.1, 0.15) is 156 Å². The third-order valence-electron chi connectivity index (χ3n) is 21.8. The molecule has 9 rings (SSSR count). The van der Waals surface area contributed by atoms with E-state index in [0.29, 0.717) is 0 Å². The first kappa shape index (κ1) is 124. The van der Waals surface area contributed by atoms with Gasteiger partial charge < -0.3 is 119 Å². The molecule has 3 heterocycles. The molecule has 702 valence electrons. The maximum atomic E-state index is 10.2. The summed E-state index contributed by atoms with van der Waals surface area (Å²) in [5.41, 5.74) is 12.2. The van der Waals surface area contributed by atoms with Crippen LogP contribution in [0, 0.1) is 6.92 Å². The van der Waals surface area contributed by atoms with Crippen molar-refractivity contribution in [1.29, 1.82) is 0 Å². The summed E-state index contributed by atoms with van der Waals surface area (Å²) < 4.78 is 9.17. The van der Waals surface area contributed by atoms with Crippen LogP contribution in [0.15, 0.2) is 341 Å². The lowest BCUT2D eigenvalue weighted by atomic mass is 10.1. The Bertz CT molecular complexity index is 4370. The second-order valence-corrected chi connectivity index (χ2v) is 30.5. The number of benzene rings is 6. The van der Waals surface area contributed by atoms with Crippen LogP contribution in [0.2, 0.25) is 0 Å². The smallest absolute Gasteiger partial charge is 0.204 e. The van der Waals surface area contributed by atoms with Gasteiger partial charge in [0.15, 0.2) is 44.1 Å². The first-order chi connectivity index (χ1) is 60.6. The van der Waals surface area contributed by atoms with E-state index in [2.05, 4.69) is 273 Å². The second kappa shape index (κ2) is 82.0. The third-order valence-corrected chi connectivity index (χ3v) is 21.8. The second-order valence-electron chi connectivity index (χ2n) is 30.5. The minimum absolute atomic E-state index is 0. The Kier molecular flexibility index (Phi) is 78.7. The lowest BCUT2D eigenvalue weighted by molar-refractivity contribution is -0.925. The first-order valence-corrected chi connectivity index (χ1v) is 45.6. The molecule has 0 spiro atoms. The van der Waals surface area contributed by atoms with Crippen molar-refractivity contribution in [2.45, 2.75) is 153 Å². The number of halogens is 5. The predicted octanol–water partition coefficient (Wildman–Crippen LogP) is 9.80. The molecule has 0 aliphatic carbocycles. The number of unbranched alkanes of at least 4 members (excludes halogenated alkanes) is 4. The van der Waals surface area contributed by atoms with Gasteiger partial charge in [0.1, 0.15) is 19.6 Å². The van der Waals surface area contributed by atoms with Gasteiger partial charge in [-0.25, -0.2) is 13.7 Å². The summed E-state index contributed by atoms with van der Waals surface area (Å²) in [5, 5.41) is 3.03. The van der Waals surface area contributed by atoms with Gasteiger partial charge in [0.05, 0.1) is 65.2 Å². The monoisotopic (exact) mass is 2070 g/mol. The number of hydrogen-bond donors (Lipinski definition) is 1. The van der Waals surface area contributed by atoms with Gasteiger partial charge in [-0.05, 0) is 194 Å². The normalized spacial score (nSPS) is 11.0. The lowest BCUT2D eigenvalue weighted by Crippen LogP contribution is -3.00. The van der Waals surface area contributed by atoms with Crippen molar-refractivity contribution in [2.75, 3.05) is 132 Å². The maximum absolute atomic E-state index is 10.2. The number of para-hydroxylation sites is 4. The summed E-state index contributed by atoms with van der Waals surface area (Å²) in [4.78, 5) is 33.0. The molecule has 0 aliphatic rings. The van der Waals surface area contributed by atoms with Gasteiger partial charge in [-0.15, -0.1) is 0 Å². The number of aldehydes is 2. The van der Waals surface area contributed by atoms with Crippen molar-refractivity contribution < 1.29 is 117 Å². The van der Waals surface area contributed by atoms with Gasteiger partial charge in [0.25, 0.3) is 0 Å². The van der Waals surface area contributed by atoms with Crippen LogP contribution in [-0.2, 0) is 22.7 Å². The highest BCUT2D eigenvalue weighted by Gasteiger charge is 2.22. The predicted molar refractivity (Wildman–Crippen MR) is 540 cm³/mol. The van der Waals surface area contributed by atoms with Crippen molar-refractivity contribution in [3.63, 3.8) is 0 Å². The van der Waals surface area contributed by atoms with Crippen LogP contribution in [0.5, 0.6) is 0 Å². The zero-order valence-electron chi connectivity index (χ0n) is 80.4. The van der Waals surface area contributed by atoms with Crippen LogP contribution in [0.25, 0.3) is 18.2 Å². The van der Waals surface area contributed by atoms with Gasteiger partial charge in [0, 0.05) is 143 Å². The largest absolute Gasteiger partial charge is 1.00 e. The SMILES string of the molecule is CCCCN(CCCC)c1ccc(/C=C/C=C/C=C/c2cc[n+](CCC[N+](CC)(CC)CC)cc2)cc1.CCCCN(CCCC)c1ccc(/C=C/C=C/C=O)cc1.CC[N+](CC)(CC)CCC[n+]1ccc(C)cc1.CN(/C=C/C=C/C=O)c1ccccc1.CN(/C=C/C=C/C=[N+](C)c1ccccc1)c1ccccc1.CNc1ccccc1.[Br-].[Br-].[Br-].[Br-].[Br-].c1ccncc1. The van der Waals surface area contributed by atoms with Crippen molar-refractivity contribution in [1.82, 2.24) is 4.98 Å². The molecule has 9 aromatic rings. The minimum Gasteiger partial charge on any atom is -1.00 e. The van der Waals surface area contributed by atoms with Crippen LogP contribution in [0.4, 0.5) is 34.1 Å². The molecule has 0 radical (unpaired) electrons. The van der Waals surface area contributed by atoms with Gasteiger partial charge in [0.2, 0.25) is 5.69 Å². The van der Waals surface area contributed by atoms with Crippen LogP contribution in [0.3, 0.4) is 0 Å². The van der Waals surface area contributed by atoms with E-state index in [1.54, 1.807) is 24.5 Å². The fourth-order valence-electron chi connectivity index (χ4n) is 13.2. The molecular formula is C111H156Br5N11O2. The average Bonchev–Trinajstić information content (AvgIpc) is 0.883. The highest BCUT2D eigenvalue weighted by Crippen LogP contribution is 2.21. The topological polar surface area (TPSA) is 82.8 Å². The standard InChI is InChI=1S/C34H53N3.C19H21N2.C19H27NO.C15H28N2.C12H13NO.C7H9N.C5H5N.5BrH/c1-6-11-27-36(28-12-7-2)34-22-20-32(21-23-34)18-15-13-14-16-19-33-24-29-35(30-25-33)26-17-31-37(8-3,9-4)10-5;1-20(18-12-6-3-7-13-18)16-10-5-11-17-21(2)19-14-8-4-9-15-19;1-3-5-15-20(16-6-4-2)19-13-11-18(12-14-19)10-8-7-9-17-21;1-5-17(6-2,7-3)14-8-11-16-12-9-15(4)10-13-16;1-13(10-6-3-7-11-14)12-8-4-2-5-9-12;1-8-7-5-3-2-4-6-7;1-2-4-6-5-3-1;;;;;/h13-16,18-25,29-30H,6-12,17,26-28,31H2,1-5H3;3-17H,1-2H3;7-14,17H,3-6,15-16H2,1-2H3;9-10,12-13H,5-8,11,14H2,1-4H3;2-11H,1H3;2-6,8H,1H3;1-5H;5*1H/q+2;+1;;+2;;;;;;;;/p-5/b;;9-7+,10-8+;;7-3+,10-6+;;;;;;;. The van der Waals surface area contributed by atoms with Crippen LogP contribution in [-0.4, -0.2) is 144 Å². The highest BCUT2D eigenvalue weighted by molar-refractivity contribution is 5.68. The van der Waals surface area contributed by atoms with E-state index in [4.69, 9.17) is 0 Å². The number of aryl methyl sites for hydroxylation is 3. The van der Waals surface area contributed by atoms with E-state index >= 15 is 0 Å². The average molecular weight is 2080 g/mol.